The lowest BCUT2D eigenvalue weighted by Crippen LogP contribution is -2.61. The van der Waals surface area contributed by atoms with Crippen molar-refractivity contribution < 1.29 is 9.90 Å². The Bertz CT molecular complexity index is 125. The van der Waals surface area contributed by atoms with Gasteiger partial charge in [-0.05, 0) is 0 Å². The zero-order valence-corrected chi connectivity index (χ0v) is 5.05. The summed E-state index contributed by atoms with van der Waals surface area (Å²) in [4.78, 5) is 10.4. The van der Waals surface area contributed by atoms with E-state index in [4.69, 9.17) is 10.8 Å². The maximum absolute atomic E-state index is 10.4. The summed E-state index contributed by atoms with van der Waals surface area (Å²) in [6, 6.07) is 0. The molecule has 52 valence electrons. The van der Waals surface area contributed by atoms with Crippen molar-refractivity contribution in [2.75, 3.05) is 19.6 Å². The molecule has 1 heterocycles. The quantitative estimate of drug-likeness (QED) is 0.430. The number of rotatable bonds is 2. The lowest BCUT2D eigenvalue weighted by molar-refractivity contribution is -0.151. The summed E-state index contributed by atoms with van der Waals surface area (Å²) in [5.74, 6) is -0.788. The zero-order chi connectivity index (χ0) is 6.91. The normalized spacial score (nSPS) is 22.8. The van der Waals surface area contributed by atoms with Crippen LogP contribution in [0, 0.1) is 5.41 Å². The molecule has 0 aromatic rings. The Balaban J connectivity index is 2.57. The second kappa shape index (κ2) is 1.97. The molecule has 1 aliphatic rings. The molecule has 1 fully saturated rings. The minimum absolute atomic E-state index is 0.231. The van der Waals surface area contributed by atoms with Gasteiger partial charge in [-0.3, -0.25) is 4.79 Å². The minimum atomic E-state index is -0.788. The first-order valence-corrected chi connectivity index (χ1v) is 2.85. The van der Waals surface area contributed by atoms with E-state index in [9.17, 15) is 4.79 Å². The van der Waals surface area contributed by atoms with Gasteiger partial charge < -0.3 is 16.2 Å². The summed E-state index contributed by atoms with van der Waals surface area (Å²) in [6.07, 6.45) is 0. The molecule has 0 spiro atoms. The lowest BCUT2D eigenvalue weighted by atomic mass is 9.82. The van der Waals surface area contributed by atoms with Crippen LogP contribution in [-0.4, -0.2) is 30.7 Å². The molecule has 9 heavy (non-hydrogen) atoms. The first-order valence-electron chi connectivity index (χ1n) is 2.85. The fraction of sp³-hybridized carbons (Fsp3) is 0.800. The highest BCUT2D eigenvalue weighted by atomic mass is 16.4. The van der Waals surface area contributed by atoms with Gasteiger partial charge in [0.2, 0.25) is 0 Å². The molecule has 4 heteroatoms. The molecule has 0 aromatic heterocycles. The van der Waals surface area contributed by atoms with Crippen LogP contribution in [0.1, 0.15) is 0 Å². The van der Waals surface area contributed by atoms with Crippen LogP contribution in [-0.2, 0) is 4.79 Å². The van der Waals surface area contributed by atoms with Crippen molar-refractivity contribution in [3.63, 3.8) is 0 Å². The van der Waals surface area contributed by atoms with E-state index in [2.05, 4.69) is 5.32 Å². The van der Waals surface area contributed by atoms with Gasteiger partial charge in [-0.1, -0.05) is 0 Å². The molecule has 0 atom stereocenters. The Labute approximate surface area is 53.0 Å². The predicted molar refractivity (Wildman–Crippen MR) is 32.0 cm³/mol. The molecule has 0 bridgehead atoms. The van der Waals surface area contributed by atoms with E-state index in [1.807, 2.05) is 0 Å². The molecule has 4 nitrogen and oxygen atoms in total. The second-order valence-electron chi connectivity index (χ2n) is 2.39. The van der Waals surface area contributed by atoms with Gasteiger partial charge in [0.1, 0.15) is 5.41 Å². The van der Waals surface area contributed by atoms with Crippen LogP contribution < -0.4 is 11.1 Å². The van der Waals surface area contributed by atoms with Crippen LogP contribution in [0.2, 0.25) is 0 Å². The SMILES string of the molecule is NCC1(C(=O)O)CNC1. The molecule has 0 radical (unpaired) electrons. The molecular formula is C5H10N2O2. The highest BCUT2D eigenvalue weighted by Gasteiger charge is 2.42. The smallest absolute Gasteiger partial charge is 0.313 e. The van der Waals surface area contributed by atoms with E-state index in [-0.39, 0.29) is 6.54 Å². The number of nitrogens with two attached hydrogens (primary N) is 1. The highest BCUT2D eigenvalue weighted by Crippen LogP contribution is 2.20. The number of hydrogen-bond acceptors (Lipinski definition) is 3. The van der Waals surface area contributed by atoms with Gasteiger partial charge in [-0.2, -0.15) is 0 Å². The second-order valence-corrected chi connectivity index (χ2v) is 2.39. The maximum Gasteiger partial charge on any atom is 0.313 e. The van der Waals surface area contributed by atoms with Crippen molar-refractivity contribution >= 4 is 5.97 Å². The summed E-state index contributed by atoms with van der Waals surface area (Å²) >= 11 is 0. The van der Waals surface area contributed by atoms with Gasteiger partial charge in [0, 0.05) is 19.6 Å². The molecular weight excluding hydrogens is 120 g/mol. The van der Waals surface area contributed by atoms with Crippen LogP contribution >= 0.6 is 0 Å². The molecule has 0 unspecified atom stereocenters. The van der Waals surface area contributed by atoms with Gasteiger partial charge in [0.25, 0.3) is 0 Å². The third-order valence-electron chi connectivity index (χ3n) is 1.77. The van der Waals surface area contributed by atoms with Crippen LogP contribution in [0.3, 0.4) is 0 Å². The number of carboxylic acid groups (broad SMARTS) is 1. The Morgan fingerprint density at radius 1 is 1.78 bits per heavy atom. The summed E-state index contributed by atoms with van der Waals surface area (Å²) in [7, 11) is 0. The van der Waals surface area contributed by atoms with Crippen molar-refractivity contribution in [2.24, 2.45) is 11.1 Å². The van der Waals surface area contributed by atoms with Crippen molar-refractivity contribution in [3.05, 3.63) is 0 Å². The summed E-state index contributed by atoms with van der Waals surface area (Å²) < 4.78 is 0. The van der Waals surface area contributed by atoms with Crippen LogP contribution in [0.25, 0.3) is 0 Å². The van der Waals surface area contributed by atoms with Crippen molar-refractivity contribution in [1.29, 1.82) is 0 Å². The Hall–Kier alpha value is -0.610. The summed E-state index contributed by atoms with van der Waals surface area (Å²) in [5.41, 5.74) is 4.60. The number of aliphatic carboxylic acids is 1. The molecule has 4 N–H and O–H groups in total. The summed E-state index contributed by atoms with van der Waals surface area (Å²) in [5, 5.41) is 11.4. The Morgan fingerprint density at radius 3 is 2.33 bits per heavy atom. The highest BCUT2D eigenvalue weighted by molar-refractivity contribution is 5.76. The molecule has 0 saturated carbocycles. The van der Waals surface area contributed by atoms with E-state index < -0.39 is 11.4 Å². The third kappa shape index (κ3) is 0.799. The Kier molecular flexibility index (Phi) is 1.42. The van der Waals surface area contributed by atoms with Crippen molar-refractivity contribution in [2.45, 2.75) is 0 Å². The number of carboxylic acids is 1. The van der Waals surface area contributed by atoms with Crippen LogP contribution in [0.5, 0.6) is 0 Å². The fourth-order valence-electron chi connectivity index (χ4n) is 0.810. The Morgan fingerprint density at radius 2 is 2.33 bits per heavy atom. The maximum atomic E-state index is 10.4. The van der Waals surface area contributed by atoms with Crippen molar-refractivity contribution in [1.82, 2.24) is 5.32 Å². The average Bonchev–Trinajstić information content (AvgIpc) is 1.62. The number of carbonyl (C=O) groups is 1. The number of hydrogen-bond donors (Lipinski definition) is 3. The standard InChI is InChI=1S/C5H10N2O2/c6-1-5(4(8)9)2-7-3-5/h7H,1-3,6H2,(H,8,9). The van der Waals surface area contributed by atoms with Crippen LogP contribution in [0.4, 0.5) is 0 Å². The molecule has 1 aliphatic heterocycles. The lowest BCUT2D eigenvalue weighted by Gasteiger charge is -2.37. The monoisotopic (exact) mass is 130 g/mol. The van der Waals surface area contributed by atoms with Gasteiger partial charge in [-0.25, -0.2) is 0 Å². The van der Waals surface area contributed by atoms with E-state index in [1.165, 1.54) is 0 Å². The molecule has 0 aliphatic carbocycles. The first kappa shape index (κ1) is 6.51. The molecule has 0 aromatic carbocycles. The van der Waals surface area contributed by atoms with Crippen LogP contribution in [0.15, 0.2) is 0 Å². The van der Waals surface area contributed by atoms with Crippen molar-refractivity contribution in [3.8, 4) is 0 Å². The predicted octanol–water partition coefficient (Wildman–Crippen LogP) is -1.38. The number of nitrogens with one attached hydrogen (secondary N) is 1. The fourth-order valence-corrected chi connectivity index (χ4v) is 0.810. The zero-order valence-electron chi connectivity index (χ0n) is 5.05. The third-order valence-corrected chi connectivity index (χ3v) is 1.77. The van der Waals surface area contributed by atoms with E-state index in [0.717, 1.165) is 0 Å². The van der Waals surface area contributed by atoms with Gasteiger partial charge in [0.05, 0.1) is 0 Å². The van der Waals surface area contributed by atoms with E-state index in [1.54, 1.807) is 0 Å². The van der Waals surface area contributed by atoms with Gasteiger partial charge >= 0.3 is 5.97 Å². The minimum Gasteiger partial charge on any atom is -0.481 e. The van der Waals surface area contributed by atoms with Gasteiger partial charge in [-0.15, -0.1) is 0 Å². The largest absolute Gasteiger partial charge is 0.481 e. The topological polar surface area (TPSA) is 75.4 Å². The average molecular weight is 130 g/mol. The molecule has 1 rings (SSSR count). The summed E-state index contributed by atoms with van der Waals surface area (Å²) in [6.45, 7) is 1.26. The van der Waals surface area contributed by atoms with E-state index in [0.29, 0.717) is 13.1 Å². The van der Waals surface area contributed by atoms with Gasteiger partial charge in [0.15, 0.2) is 0 Å². The molecule has 0 amide bonds. The first-order chi connectivity index (χ1) is 4.21. The van der Waals surface area contributed by atoms with E-state index >= 15 is 0 Å². The molecule has 1 saturated heterocycles.